The Balaban J connectivity index is 1.98. The Morgan fingerprint density at radius 1 is 1.18 bits per heavy atom. The van der Waals surface area contributed by atoms with Gasteiger partial charge in [0, 0.05) is 25.2 Å². The van der Waals surface area contributed by atoms with Crippen molar-refractivity contribution >= 4 is 5.91 Å². The summed E-state index contributed by atoms with van der Waals surface area (Å²) in [5.74, 6) is 0.639. The van der Waals surface area contributed by atoms with Crippen LogP contribution in [0, 0.1) is 5.92 Å². The Hall–Kier alpha value is -0.650. The maximum atomic E-state index is 12.9. The number of morpholine rings is 1. The van der Waals surface area contributed by atoms with Gasteiger partial charge in [0.25, 0.3) is 0 Å². The first-order valence-corrected chi connectivity index (χ1v) is 9.03. The maximum absolute atomic E-state index is 12.9. The van der Waals surface area contributed by atoms with Gasteiger partial charge in [0.1, 0.15) is 0 Å². The molecule has 0 aromatic heterocycles. The summed E-state index contributed by atoms with van der Waals surface area (Å²) in [7, 11) is 0. The van der Waals surface area contributed by atoms with Gasteiger partial charge in [-0.3, -0.25) is 9.69 Å². The molecule has 22 heavy (non-hydrogen) atoms. The van der Waals surface area contributed by atoms with Crippen LogP contribution >= 0.6 is 0 Å². The summed E-state index contributed by atoms with van der Waals surface area (Å²) in [6.07, 6.45) is 6.18. The van der Waals surface area contributed by atoms with E-state index in [0.717, 1.165) is 64.8 Å². The highest BCUT2D eigenvalue weighted by molar-refractivity contribution is 5.82. The summed E-state index contributed by atoms with van der Waals surface area (Å²) in [4.78, 5) is 15.3. The third-order valence-corrected chi connectivity index (χ3v) is 5.32. The zero-order chi connectivity index (χ0) is 15.9. The molecule has 3 N–H and O–H groups in total. The number of hydrogen-bond donors (Lipinski definition) is 2. The SMILES string of the molecule is CCC(CC)C(C(=O)NC1CCC(N)CC1)N1CCOCC1. The number of carbonyl (C=O) groups excluding carboxylic acids is 1. The average Bonchev–Trinajstić information content (AvgIpc) is 2.55. The van der Waals surface area contributed by atoms with Crippen molar-refractivity contribution in [3.05, 3.63) is 0 Å². The second-order valence-electron chi connectivity index (χ2n) is 6.79. The fraction of sp³-hybridized carbons (Fsp3) is 0.941. The normalized spacial score (nSPS) is 28.5. The summed E-state index contributed by atoms with van der Waals surface area (Å²) < 4.78 is 5.45. The van der Waals surface area contributed by atoms with E-state index in [1.54, 1.807) is 0 Å². The lowest BCUT2D eigenvalue weighted by molar-refractivity contribution is -0.131. The van der Waals surface area contributed by atoms with Crippen molar-refractivity contribution in [1.29, 1.82) is 0 Å². The second kappa shape index (κ2) is 8.85. The highest BCUT2D eigenvalue weighted by Crippen LogP contribution is 2.22. The van der Waals surface area contributed by atoms with E-state index in [4.69, 9.17) is 10.5 Å². The molecular formula is C17H33N3O2. The van der Waals surface area contributed by atoms with Gasteiger partial charge >= 0.3 is 0 Å². The third kappa shape index (κ3) is 4.67. The minimum absolute atomic E-state index is 0.00509. The molecule has 128 valence electrons. The van der Waals surface area contributed by atoms with Gasteiger partial charge in [-0.25, -0.2) is 0 Å². The van der Waals surface area contributed by atoms with E-state index in [0.29, 0.717) is 18.0 Å². The van der Waals surface area contributed by atoms with E-state index in [2.05, 4.69) is 24.1 Å². The predicted octanol–water partition coefficient (Wildman–Crippen LogP) is 1.51. The molecule has 2 fully saturated rings. The second-order valence-corrected chi connectivity index (χ2v) is 6.79. The molecule has 1 atom stereocenters. The number of rotatable bonds is 6. The van der Waals surface area contributed by atoms with Crippen molar-refractivity contribution in [2.45, 2.75) is 70.5 Å². The molecule has 1 aliphatic carbocycles. The molecule has 5 nitrogen and oxygen atoms in total. The molecule has 1 saturated carbocycles. The van der Waals surface area contributed by atoms with Crippen molar-refractivity contribution in [3.63, 3.8) is 0 Å². The smallest absolute Gasteiger partial charge is 0.237 e. The van der Waals surface area contributed by atoms with Crippen LogP contribution in [0.3, 0.4) is 0 Å². The number of nitrogens with zero attached hydrogens (tertiary/aromatic N) is 1. The topological polar surface area (TPSA) is 67.6 Å². The molecular weight excluding hydrogens is 278 g/mol. The molecule has 1 aliphatic heterocycles. The van der Waals surface area contributed by atoms with Crippen LogP contribution in [0.5, 0.6) is 0 Å². The van der Waals surface area contributed by atoms with Crippen LogP contribution in [0.15, 0.2) is 0 Å². The molecule has 0 aromatic rings. The van der Waals surface area contributed by atoms with Crippen LogP contribution in [-0.4, -0.2) is 55.2 Å². The van der Waals surface area contributed by atoms with Crippen LogP contribution in [0.25, 0.3) is 0 Å². The number of amides is 1. The average molecular weight is 311 g/mol. The Kier molecular flexibility index (Phi) is 7.12. The summed E-state index contributed by atoms with van der Waals surface area (Å²) in [5.41, 5.74) is 5.96. The zero-order valence-corrected chi connectivity index (χ0v) is 14.2. The van der Waals surface area contributed by atoms with Gasteiger partial charge in [0.2, 0.25) is 5.91 Å². The van der Waals surface area contributed by atoms with Gasteiger partial charge in [-0.15, -0.1) is 0 Å². The number of carbonyl (C=O) groups is 1. The van der Waals surface area contributed by atoms with Gasteiger partial charge in [0.05, 0.1) is 19.3 Å². The Morgan fingerprint density at radius 2 is 1.77 bits per heavy atom. The van der Waals surface area contributed by atoms with Crippen molar-refractivity contribution < 1.29 is 9.53 Å². The number of nitrogens with one attached hydrogen (secondary N) is 1. The molecule has 5 heteroatoms. The van der Waals surface area contributed by atoms with Crippen LogP contribution in [0.2, 0.25) is 0 Å². The van der Waals surface area contributed by atoms with Gasteiger partial charge in [-0.2, -0.15) is 0 Å². The zero-order valence-electron chi connectivity index (χ0n) is 14.2. The quantitative estimate of drug-likeness (QED) is 0.780. The fourth-order valence-corrected chi connectivity index (χ4v) is 3.82. The molecule has 0 radical (unpaired) electrons. The van der Waals surface area contributed by atoms with Crippen LogP contribution < -0.4 is 11.1 Å². The third-order valence-electron chi connectivity index (χ3n) is 5.32. The fourth-order valence-electron chi connectivity index (χ4n) is 3.82. The van der Waals surface area contributed by atoms with E-state index >= 15 is 0 Å². The van der Waals surface area contributed by atoms with E-state index in [-0.39, 0.29) is 11.9 Å². The van der Waals surface area contributed by atoms with E-state index in [1.807, 2.05) is 0 Å². The van der Waals surface area contributed by atoms with E-state index < -0.39 is 0 Å². The highest BCUT2D eigenvalue weighted by atomic mass is 16.5. The Morgan fingerprint density at radius 3 is 2.32 bits per heavy atom. The van der Waals surface area contributed by atoms with Crippen molar-refractivity contribution in [2.75, 3.05) is 26.3 Å². The standard InChI is InChI=1S/C17H33N3O2/c1-3-13(4-2)16(20-9-11-22-12-10-20)17(21)19-15-7-5-14(18)6-8-15/h13-16H,3-12,18H2,1-2H3,(H,19,21). The van der Waals surface area contributed by atoms with E-state index in [1.165, 1.54) is 0 Å². The van der Waals surface area contributed by atoms with Crippen molar-refractivity contribution in [3.8, 4) is 0 Å². The minimum Gasteiger partial charge on any atom is -0.379 e. The number of nitrogens with two attached hydrogens (primary N) is 1. The molecule has 0 aromatic carbocycles. The summed E-state index contributed by atoms with van der Waals surface area (Å²) in [6.45, 7) is 7.59. The first kappa shape index (κ1) is 17.7. The molecule has 2 rings (SSSR count). The number of ether oxygens (including phenoxy) is 1. The number of hydrogen-bond acceptors (Lipinski definition) is 4. The molecule has 1 saturated heterocycles. The summed E-state index contributed by atoms with van der Waals surface area (Å²) in [6, 6.07) is 0.627. The lowest BCUT2D eigenvalue weighted by Gasteiger charge is -2.39. The van der Waals surface area contributed by atoms with Gasteiger partial charge < -0.3 is 15.8 Å². The first-order valence-electron chi connectivity index (χ1n) is 9.03. The molecule has 1 heterocycles. The Bertz CT molecular complexity index is 333. The molecule has 1 unspecified atom stereocenters. The summed E-state index contributed by atoms with van der Waals surface area (Å²) >= 11 is 0. The van der Waals surface area contributed by atoms with Gasteiger partial charge in [-0.1, -0.05) is 26.7 Å². The Labute approximate surface area is 134 Å². The molecule has 1 amide bonds. The van der Waals surface area contributed by atoms with Gasteiger partial charge in [0.15, 0.2) is 0 Å². The van der Waals surface area contributed by atoms with Crippen LogP contribution in [-0.2, 0) is 9.53 Å². The lowest BCUT2D eigenvalue weighted by Crippen LogP contribution is -2.56. The maximum Gasteiger partial charge on any atom is 0.237 e. The van der Waals surface area contributed by atoms with Crippen molar-refractivity contribution in [2.24, 2.45) is 11.7 Å². The molecule has 0 spiro atoms. The van der Waals surface area contributed by atoms with Gasteiger partial charge in [-0.05, 0) is 31.6 Å². The predicted molar refractivity (Wildman–Crippen MR) is 88.6 cm³/mol. The summed E-state index contributed by atoms with van der Waals surface area (Å²) in [5, 5.41) is 3.31. The van der Waals surface area contributed by atoms with E-state index in [9.17, 15) is 4.79 Å². The lowest BCUT2D eigenvalue weighted by atomic mass is 9.89. The minimum atomic E-state index is -0.00509. The van der Waals surface area contributed by atoms with Crippen LogP contribution in [0.4, 0.5) is 0 Å². The van der Waals surface area contributed by atoms with Crippen LogP contribution in [0.1, 0.15) is 52.4 Å². The van der Waals surface area contributed by atoms with Crippen molar-refractivity contribution in [1.82, 2.24) is 10.2 Å². The first-order chi connectivity index (χ1) is 10.7. The highest BCUT2D eigenvalue weighted by Gasteiger charge is 2.34. The monoisotopic (exact) mass is 311 g/mol. The molecule has 2 aliphatic rings. The largest absolute Gasteiger partial charge is 0.379 e. The molecule has 0 bridgehead atoms.